The predicted octanol–water partition coefficient (Wildman–Crippen LogP) is 7.67. The number of halogens is 4. The van der Waals surface area contributed by atoms with Crippen LogP contribution in [-0.2, 0) is 16.9 Å². The summed E-state index contributed by atoms with van der Waals surface area (Å²) in [7, 11) is 5.47. The van der Waals surface area contributed by atoms with Gasteiger partial charge in [-0.2, -0.15) is 0 Å². The molecule has 0 spiro atoms. The fourth-order valence-electron chi connectivity index (χ4n) is 5.28. The van der Waals surface area contributed by atoms with Crippen LogP contribution in [0.3, 0.4) is 0 Å². The van der Waals surface area contributed by atoms with Gasteiger partial charge in [0.05, 0.1) is 36.7 Å². The van der Waals surface area contributed by atoms with Crippen molar-refractivity contribution in [3.05, 3.63) is 99.6 Å². The average molecular weight is 646 g/mol. The quantitative estimate of drug-likeness (QED) is 0.110. The van der Waals surface area contributed by atoms with E-state index in [4.69, 9.17) is 30.8 Å². The summed E-state index contributed by atoms with van der Waals surface area (Å²) in [5.41, 5.74) is 3.48. The zero-order valence-corrected chi connectivity index (χ0v) is 26.5. The molecular formula is C33H35ClF3N3O3S. The third-order valence-corrected chi connectivity index (χ3v) is 8.80. The fraction of sp³-hybridized carbons (Fsp3) is 0.364. The standard InChI is InChI=1S/C33H35ClF3N3O3S/c1-39(2)15-16-42-17-18-43-29-14-13-27(36)25(31(29)37)20-44-33-38-28-6-4-5-24(21-7-12-26(34)30(19-21)41-3)32(28)40(33)23-10-8-22(35)9-11-23/h7-14,19,24H,4-6,15-18,20H2,1-3H3. The van der Waals surface area contributed by atoms with Gasteiger partial charge in [0.1, 0.15) is 24.0 Å². The number of aromatic nitrogens is 2. The third kappa shape index (κ3) is 7.37. The van der Waals surface area contributed by atoms with Crippen LogP contribution in [0.1, 0.15) is 41.3 Å². The molecule has 4 aromatic rings. The van der Waals surface area contributed by atoms with E-state index in [1.54, 1.807) is 19.2 Å². The van der Waals surface area contributed by atoms with Crippen LogP contribution in [-0.4, -0.2) is 62.0 Å². The van der Waals surface area contributed by atoms with Crippen LogP contribution < -0.4 is 9.47 Å². The van der Waals surface area contributed by atoms with E-state index in [1.165, 1.54) is 36.0 Å². The Kier molecular flexibility index (Phi) is 10.8. The Balaban J connectivity index is 1.43. The number of ether oxygens (including phenoxy) is 3. The molecule has 0 amide bonds. The van der Waals surface area contributed by atoms with Crippen molar-refractivity contribution >= 4 is 23.4 Å². The lowest BCUT2D eigenvalue weighted by atomic mass is 9.84. The molecule has 1 aromatic heterocycles. The Hall–Kier alpha value is -3.18. The van der Waals surface area contributed by atoms with Gasteiger partial charge in [0.25, 0.3) is 0 Å². The topological polar surface area (TPSA) is 48.8 Å². The number of nitrogens with zero attached hydrogens (tertiary/aromatic N) is 3. The van der Waals surface area contributed by atoms with E-state index >= 15 is 4.39 Å². The van der Waals surface area contributed by atoms with Crippen molar-refractivity contribution < 1.29 is 27.4 Å². The first-order valence-corrected chi connectivity index (χ1v) is 15.8. The van der Waals surface area contributed by atoms with Crippen molar-refractivity contribution in [3.63, 3.8) is 0 Å². The molecule has 5 rings (SSSR count). The molecule has 3 aromatic carbocycles. The smallest absolute Gasteiger partial charge is 0.173 e. The molecule has 0 fully saturated rings. The molecule has 0 aliphatic heterocycles. The number of fused-ring (bicyclic) bond motifs is 1. The van der Waals surface area contributed by atoms with Crippen LogP contribution in [0, 0.1) is 17.5 Å². The van der Waals surface area contributed by atoms with Gasteiger partial charge in [0.2, 0.25) is 0 Å². The van der Waals surface area contributed by atoms with Gasteiger partial charge in [-0.3, -0.25) is 4.57 Å². The molecule has 1 aliphatic carbocycles. The summed E-state index contributed by atoms with van der Waals surface area (Å²) in [6.07, 6.45) is 2.52. The first kappa shape index (κ1) is 32.2. The van der Waals surface area contributed by atoms with Gasteiger partial charge in [-0.15, -0.1) is 0 Å². The summed E-state index contributed by atoms with van der Waals surface area (Å²) in [6.45, 7) is 1.72. The Morgan fingerprint density at radius 1 is 1.00 bits per heavy atom. The van der Waals surface area contributed by atoms with Crippen LogP contribution in [0.4, 0.5) is 13.2 Å². The highest BCUT2D eigenvalue weighted by Gasteiger charge is 2.31. The molecule has 0 N–H and O–H groups in total. The Labute approximate surface area is 265 Å². The molecule has 1 unspecified atom stereocenters. The summed E-state index contributed by atoms with van der Waals surface area (Å²) in [6, 6.07) is 14.4. The average Bonchev–Trinajstić information content (AvgIpc) is 3.39. The van der Waals surface area contributed by atoms with Crippen molar-refractivity contribution in [2.24, 2.45) is 0 Å². The minimum atomic E-state index is -0.749. The van der Waals surface area contributed by atoms with E-state index in [2.05, 4.69) is 0 Å². The van der Waals surface area contributed by atoms with Gasteiger partial charge in [-0.25, -0.2) is 18.2 Å². The molecule has 11 heteroatoms. The van der Waals surface area contributed by atoms with E-state index in [9.17, 15) is 8.78 Å². The minimum absolute atomic E-state index is 0.0231. The number of hydrogen-bond donors (Lipinski definition) is 0. The number of imidazole rings is 1. The van der Waals surface area contributed by atoms with Gasteiger partial charge in [-0.05, 0) is 87.5 Å². The maximum Gasteiger partial charge on any atom is 0.173 e. The number of thioether (sulfide) groups is 1. The number of aryl methyl sites for hydroxylation is 1. The summed E-state index contributed by atoms with van der Waals surface area (Å²) in [5, 5.41) is 1.08. The molecule has 1 aliphatic rings. The molecule has 1 atom stereocenters. The summed E-state index contributed by atoms with van der Waals surface area (Å²) < 4.78 is 62.9. The zero-order chi connectivity index (χ0) is 31.2. The fourth-order valence-corrected chi connectivity index (χ4v) is 6.52. The van der Waals surface area contributed by atoms with Crippen molar-refractivity contribution in [1.82, 2.24) is 14.5 Å². The highest BCUT2D eigenvalue weighted by atomic mass is 35.5. The molecule has 0 saturated carbocycles. The van der Waals surface area contributed by atoms with E-state index in [-0.39, 0.29) is 42.0 Å². The van der Waals surface area contributed by atoms with Crippen molar-refractivity contribution in [2.75, 3.05) is 47.6 Å². The summed E-state index contributed by atoms with van der Waals surface area (Å²) in [4.78, 5) is 6.95. The second-order valence-corrected chi connectivity index (χ2v) is 12.1. The van der Waals surface area contributed by atoms with Crippen molar-refractivity contribution in [1.29, 1.82) is 0 Å². The second kappa shape index (κ2) is 14.7. The van der Waals surface area contributed by atoms with Gasteiger partial charge in [-0.1, -0.05) is 29.4 Å². The first-order chi connectivity index (χ1) is 21.3. The molecule has 1 heterocycles. The van der Waals surface area contributed by atoms with E-state index in [1.807, 2.05) is 41.8 Å². The van der Waals surface area contributed by atoms with Crippen LogP contribution in [0.25, 0.3) is 5.69 Å². The Bertz CT molecular complexity index is 1580. The number of hydrogen-bond acceptors (Lipinski definition) is 6. The van der Waals surface area contributed by atoms with Gasteiger partial charge in [0.15, 0.2) is 16.7 Å². The molecule has 6 nitrogen and oxygen atoms in total. The Morgan fingerprint density at radius 3 is 2.55 bits per heavy atom. The van der Waals surface area contributed by atoms with Crippen LogP contribution in [0.15, 0.2) is 59.8 Å². The van der Waals surface area contributed by atoms with E-state index in [0.29, 0.717) is 28.2 Å². The first-order valence-electron chi connectivity index (χ1n) is 14.4. The largest absolute Gasteiger partial charge is 0.495 e. The third-order valence-electron chi connectivity index (χ3n) is 7.52. The zero-order valence-electron chi connectivity index (χ0n) is 24.9. The highest BCUT2D eigenvalue weighted by Crippen LogP contribution is 2.43. The van der Waals surface area contributed by atoms with E-state index < -0.39 is 11.6 Å². The number of benzene rings is 3. The molecule has 0 radical (unpaired) electrons. The maximum atomic E-state index is 15.5. The summed E-state index contributed by atoms with van der Waals surface area (Å²) >= 11 is 7.54. The van der Waals surface area contributed by atoms with Crippen LogP contribution in [0.2, 0.25) is 5.02 Å². The van der Waals surface area contributed by atoms with Crippen LogP contribution >= 0.6 is 23.4 Å². The number of rotatable bonds is 13. The maximum absolute atomic E-state index is 15.5. The monoisotopic (exact) mass is 645 g/mol. The molecule has 44 heavy (non-hydrogen) atoms. The number of methoxy groups -OCH3 is 1. The Morgan fingerprint density at radius 2 is 1.80 bits per heavy atom. The SMILES string of the molecule is COc1cc(C2CCCc3nc(SCc4c(F)ccc(OCCOCCN(C)C)c4F)n(-c4ccc(F)cc4)c32)ccc1Cl. The lowest BCUT2D eigenvalue weighted by Gasteiger charge is -2.26. The second-order valence-electron chi connectivity index (χ2n) is 10.8. The molecule has 234 valence electrons. The summed E-state index contributed by atoms with van der Waals surface area (Å²) in [5.74, 6) is -1.29. The lowest BCUT2D eigenvalue weighted by Crippen LogP contribution is -2.19. The minimum Gasteiger partial charge on any atom is -0.495 e. The van der Waals surface area contributed by atoms with Crippen molar-refractivity contribution in [3.8, 4) is 17.2 Å². The number of likely N-dealkylation sites (N-methyl/N-ethyl adjacent to an activating group) is 1. The molecular weight excluding hydrogens is 611 g/mol. The predicted molar refractivity (Wildman–Crippen MR) is 167 cm³/mol. The normalized spacial score (nSPS) is 14.6. The van der Waals surface area contributed by atoms with Gasteiger partial charge >= 0.3 is 0 Å². The molecule has 0 bridgehead atoms. The van der Waals surface area contributed by atoms with Gasteiger partial charge < -0.3 is 19.1 Å². The van der Waals surface area contributed by atoms with Gasteiger partial charge in [0, 0.05) is 29.5 Å². The van der Waals surface area contributed by atoms with E-state index in [0.717, 1.165) is 42.8 Å². The van der Waals surface area contributed by atoms with Crippen molar-refractivity contribution in [2.45, 2.75) is 36.1 Å². The lowest BCUT2D eigenvalue weighted by molar-refractivity contribution is 0.0877. The van der Waals surface area contributed by atoms with Crippen LogP contribution in [0.5, 0.6) is 11.5 Å². The highest BCUT2D eigenvalue weighted by molar-refractivity contribution is 7.98. The molecule has 0 saturated heterocycles.